The van der Waals surface area contributed by atoms with Crippen molar-refractivity contribution >= 4 is 23.5 Å². The van der Waals surface area contributed by atoms with Gasteiger partial charge in [-0.2, -0.15) is 9.78 Å². The van der Waals surface area contributed by atoms with Crippen molar-refractivity contribution in [3.8, 4) is 5.82 Å². The lowest BCUT2D eigenvalue weighted by Crippen LogP contribution is -2.16. The summed E-state index contributed by atoms with van der Waals surface area (Å²) in [5.74, 6) is 1.74. The maximum Gasteiger partial charge on any atom is 0.235 e. The van der Waals surface area contributed by atoms with E-state index < -0.39 is 0 Å². The number of fused-ring (bicyclic) bond motifs is 1. The second-order valence-electron chi connectivity index (χ2n) is 5.47. The highest BCUT2D eigenvalue weighted by Gasteiger charge is 2.30. The average molecular weight is 337 g/mol. The van der Waals surface area contributed by atoms with Crippen LogP contribution in [0, 0.1) is 6.92 Å². The fraction of sp³-hybridized carbons (Fsp3) is 0.176. The summed E-state index contributed by atoms with van der Waals surface area (Å²) >= 11 is 1.60. The van der Waals surface area contributed by atoms with Gasteiger partial charge >= 0.3 is 0 Å². The number of rotatable bonds is 2. The minimum absolute atomic E-state index is 0.0272. The van der Waals surface area contributed by atoms with Gasteiger partial charge in [-0.1, -0.05) is 6.07 Å². The number of pyridine rings is 2. The Labute approximate surface area is 143 Å². The molecule has 6 nitrogen and oxygen atoms in total. The zero-order valence-corrected chi connectivity index (χ0v) is 13.8. The quantitative estimate of drug-likeness (QED) is 0.778. The molecule has 1 atom stereocenters. The Morgan fingerprint density at radius 2 is 2.04 bits per heavy atom. The molecule has 1 aliphatic heterocycles. The van der Waals surface area contributed by atoms with Crippen LogP contribution in [0.2, 0.25) is 0 Å². The van der Waals surface area contributed by atoms with Crippen molar-refractivity contribution in [2.75, 3.05) is 11.1 Å². The largest absolute Gasteiger partial charge is 0.310 e. The average Bonchev–Trinajstić information content (AvgIpc) is 2.83. The van der Waals surface area contributed by atoms with Crippen LogP contribution in [-0.2, 0) is 4.79 Å². The Bertz CT molecular complexity index is 879. The first-order chi connectivity index (χ1) is 11.7. The molecule has 0 aromatic carbocycles. The van der Waals surface area contributed by atoms with Gasteiger partial charge in [-0.3, -0.25) is 9.78 Å². The van der Waals surface area contributed by atoms with Crippen LogP contribution < -0.4 is 5.32 Å². The number of hydrogen-bond donors (Lipinski definition) is 1. The molecule has 7 heteroatoms. The number of hydrogen-bond acceptors (Lipinski definition) is 5. The number of anilines is 1. The minimum atomic E-state index is -0.0325. The summed E-state index contributed by atoms with van der Waals surface area (Å²) in [6.07, 6.45) is 5.26. The number of aromatic nitrogens is 4. The molecule has 3 aromatic heterocycles. The van der Waals surface area contributed by atoms with Crippen LogP contribution in [0.25, 0.3) is 5.82 Å². The predicted octanol–water partition coefficient (Wildman–Crippen LogP) is 2.75. The van der Waals surface area contributed by atoms with Gasteiger partial charge in [0.05, 0.1) is 16.7 Å². The number of aryl methyl sites for hydroxylation is 1. The van der Waals surface area contributed by atoms with Gasteiger partial charge in [-0.25, -0.2) is 4.98 Å². The summed E-state index contributed by atoms with van der Waals surface area (Å²) in [7, 11) is 0. The molecule has 4 rings (SSSR count). The molecule has 0 fully saturated rings. The maximum absolute atomic E-state index is 12.2. The molecule has 1 amide bonds. The summed E-state index contributed by atoms with van der Waals surface area (Å²) in [6, 6.07) is 9.59. The van der Waals surface area contributed by atoms with Crippen LogP contribution in [-0.4, -0.2) is 31.4 Å². The second kappa shape index (κ2) is 6.09. The molecule has 0 aliphatic carbocycles. The first kappa shape index (κ1) is 14.9. The van der Waals surface area contributed by atoms with E-state index in [9.17, 15) is 4.79 Å². The van der Waals surface area contributed by atoms with Gasteiger partial charge in [-0.05, 0) is 36.8 Å². The molecule has 0 saturated carbocycles. The van der Waals surface area contributed by atoms with E-state index in [-0.39, 0.29) is 11.2 Å². The SMILES string of the molecule is Cc1nn(-c2ccccn2)c2c1[C@H](c1ccncc1)SCC(=O)N2. The zero-order chi connectivity index (χ0) is 16.5. The Morgan fingerprint density at radius 3 is 2.79 bits per heavy atom. The molecule has 0 bridgehead atoms. The smallest absolute Gasteiger partial charge is 0.235 e. The Morgan fingerprint density at radius 1 is 1.21 bits per heavy atom. The summed E-state index contributed by atoms with van der Waals surface area (Å²) < 4.78 is 1.71. The maximum atomic E-state index is 12.2. The highest BCUT2D eigenvalue weighted by molar-refractivity contribution is 8.00. The van der Waals surface area contributed by atoms with E-state index in [0.717, 1.165) is 16.8 Å². The summed E-state index contributed by atoms with van der Waals surface area (Å²) in [6.45, 7) is 1.96. The molecular formula is C17H15N5OS. The molecule has 3 aromatic rings. The van der Waals surface area contributed by atoms with Gasteiger partial charge in [0.15, 0.2) is 5.82 Å². The third-order valence-electron chi connectivity index (χ3n) is 3.88. The van der Waals surface area contributed by atoms with Crippen molar-refractivity contribution in [2.24, 2.45) is 0 Å². The number of nitrogens with one attached hydrogen (secondary N) is 1. The predicted molar refractivity (Wildman–Crippen MR) is 93.3 cm³/mol. The van der Waals surface area contributed by atoms with Crippen molar-refractivity contribution in [2.45, 2.75) is 12.2 Å². The van der Waals surface area contributed by atoms with Crippen molar-refractivity contribution in [1.29, 1.82) is 0 Å². The van der Waals surface area contributed by atoms with Gasteiger partial charge < -0.3 is 5.32 Å². The molecule has 0 spiro atoms. The van der Waals surface area contributed by atoms with E-state index in [1.807, 2.05) is 37.3 Å². The van der Waals surface area contributed by atoms with Crippen LogP contribution in [0.4, 0.5) is 5.82 Å². The summed E-state index contributed by atoms with van der Waals surface area (Å²) in [5.41, 5.74) is 3.01. The van der Waals surface area contributed by atoms with Gasteiger partial charge in [-0.15, -0.1) is 11.8 Å². The van der Waals surface area contributed by atoms with Crippen molar-refractivity contribution < 1.29 is 4.79 Å². The van der Waals surface area contributed by atoms with Gasteiger partial charge in [0.25, 0.3) is 0 Å². The fourth-order valence-corrected chi connectivity index (χ4v) is 4.02. The minimum Gasteiger partial charge on any atom is -0.310 e. The van der Waals surface area contributed by atoms with Crippen molar-refractivity contribution in [3.63, 3.8) is 0 Å². The third-order valence-corrected chi connectivity index (χ3v) is 5.15. The molecule has 24 heavy (non-hydrogen) atoms. The van der Waals surface area contributed by atoms with Gasteiger partial charge in [0, 0.05) is 24.2 Å². The van der Waals surface area contributed by atoms with E-state index >= 15 is 0 Å². The third kappa shape index (κ3) is 2.56. The Balaban J connectivity index is 1.90. The monoisotopic (exact) mass is 337 g/mol. The van der Waals surface area contributed by atoms with Gasteiger partial charge in [0.2, 0.25) is 5.91 Å². The number of carbonyl (C=O) groups excluding carboxylic acids is 1. The summed E-state index contributed by atoms with van der Waals surface area (Å²) in [4.78, 5) is 20.7. The second-order valence-corrected chi connectivity index (χ2v) is 6.56. The Hall–Kier alpha value is -2.67. The molecular weight excluding hydrogens is 322 g/mol. The van der Waals surface area contributed by atoms with Crippen molar-refractivity contribution in [1.82, 2.24) is 19.7 Å². The normalized spacial score (nSPS) is 17.0. The van der Waals surface area contributed by atoms with E-state index in [0.29, 0.717) is 17.4 Å². The van der Waals surface area contributed by atoms with Crippen LogP contribution in [0.1, 0.15) is 22.1 Å². The molecule has 0 radical (unpaired) electrons. The Kier molecular flexibility index (Phi) is 3.78. The van der Waals surface area contributed by atoms with E-state index in [1.165, 1.54) is 0 Å². The van der Waals surface area contributed by atoms with Crippen molar-refractivity contribution in [3.05, 3.63) is 65.7 Å². The lowest BCUT2D eigenvalue weighted by Gasteiger charge is -2.14. The topological polar surface area (TPSA) is 72.7 Å². The van der Waals surface area contributed by atoms with E-state index in [1.54, 1.807) is 35.0 Å². The highest BCUT2D eigenvalue weighted by atomic mass is 32.2. The lowest BCUT2D eigenvalue weighted by atomic mass is 10.1. The zero-order valence-electron chi connectivity index (χ0n) is 13.0. The number of carbonyl (C=O) groups is 1. The molecule has 0 unspecified atom stereocenters. The molecule has 120 valence electrons. The number of nitrogens with zero attached hydrogens (tertiary/aromatic N) is 4. The molecule has 1 aliphatic rings. The standard InChI is InChI=1S/C17H15N5OS/c1-11-15-16(12-5-8-18-9-6-12)24-10-14(23)20-17(15)22(21-11)13-4-2-3-7-19-13/h2-9,16H,10H2,1H3,(H,20,23)/t16-/m0/s1. The van der Waals surface area contributed by atoms with Crippen LogP contribution in [0.5, 0.6) is 0 Å². The fourth-order valence-electron chi connectivity index (χ4n) is 2.83. The first-order valence-corrected chi connectivity index (χ1v) is 8.61. The lowest BCUT2D eigenvalue weighted by molar-refractivity contribution is -0.113. The van der Waals surface area contributed by atoms with Crippen LogP contribution in [0.3, 0.4) is 0 Å². The van der Waals surface area contributed by atoms with Crippen LogP contribution >= 0.6 is 11.8 Å². The van der Waals surface area contributed by atoms with E-state index in [2.05, 4.69) is 20.4 Å². The molecule has 1 N–H and O–H groups in total. The molecule has 0 saturated heterocycles. The van der Waals surface area contributed by atoms with Crippen LogP contribution in [0.15, 0.2) is 48.9 Å². The van der Waals surface area contributed by atoms with Gasteiger partial charge in [0.1, 0.15) is 5.82 Å². The first-order valence-electron chi connectivity index (χ1n) is 7.56. The highest BCUT2D eigenvalue weighted by Crippen LogP contribution is 2.43. The summed E-state index contributed by atoms with van der Waals surface area (Å²) in [5, 5.41) is 7.65. The number of thioether (sulfide) groups is 1. The molecule has 4 heterocycles. The number of amides is 1. The van der Waals surface area contributed by atoms with E-state index in [4.69, 9.17) is 0 Å².